The van der Waals surface area contributed by atoms with E-state index in [0.29, 0.717) is 17.9 Å². The Labute approximate surface area is 207 Å². The second-order valence-corrected chi connectivity index (χ2v) is 8.87. The SMILES string of the molecule is CCn1c(C)cc2c(F)c(Oc3ncnc(Nc4ccc(N5CCN(C)CC5)cc4)c3F)cc(F)c21. The number of fused-ring (bicyclic) bond motifs is 1. The Kier molecular flexibility index (Phi) is 6.44. The summed E-state index contributed by atoms with van der Waals surface area (Å²) in [6.45, 7) is 7.97. The number of rotatable bonds is 6. The second-order valence-electron chi connectivity index (χ2n) is 8.87. The molecule has 1 aliphatic rings. The van der Waals surface area contributed by atoms with Gasteiger partial charge >= 0.3 is 0 Å². The first-order chi connectivity index (χ1) is 17.4. The average Bonchev–Trinajstić information content (AvgIpc) is 3.22. The molecule has 0 bridgehead atoms. The number of nitrogens with one attached hydrogen (secondary N) is 1. The van der Waals surface area contributed by atoms with Gasteiger partial charge < -0.3 is 24.4 Å². The van der Waals surface area contributed by atoms with E-state index in [0.717, 1.165) is 44.3 Å². The molecule has 0 amide bonds. The Morgan fingerprint density at radius 2 is 1.69 bits per heavy atom. The fourth-order valence-corrected chi connectivity index (χ4v) is 4.54. The van der Waals surface area contributed by atoms with E-state index in [4.69, 9.17) is 4.74 Å². The molecule has 0 radical (unpaired) electrons. The first kappa shape index (κ1) is 23.9. The number of nitrogens with zero attached hydrogens (tertiary/aromatic N) is 5. The third-order valence-corrected chi connectivity index (χ3v) is 6.52. The van der Waals surface area contributed by atoms with Crippen LogP contribution < -0.4 is 15.0 Å². The van der Waals surface area contributed by atoms with E-state index in [1.54, 1.807) is 17.6 Å². The van der Waals surface area contributed by atoms with E-state index in [2.05, 4.69) is 32.1 Å². The molecule has 1 aliphatic heterocycles. The van der Waals surface area contributed by atoms with E-state index < -0.39 is 29.1 Å². The van der Waals surface area contributed by atoms with Crippen LogP contribution in [0.5, 0.6) is 11.6 Å². The lowest BCUT2D eigenvalue weighted by Crippen LogP contribution is -2.44. The van der Waals surface area contributed by atoms with Gasteiger partial charge in [-0.25, -0.2) is 13.8 Å². The van der Waals surface area contributed by atoms with Crippen molar-refractivity contribution in [3.8, 4) is 11.6 Å². The second kappa shape index (κ2) is 9.69. The van der Waals surface area contributed by atoms with Crippen molar-refractivity contribution >= 4 is 28.1 Å². The summed E-state index contributed by atoms with van der Waals surface area (Å²) >= 11 is 0. The molecule has 1 N–H and O–H groups in total. The highest BCUT2D eigenvalue weighted by molar-refractivity contribution is 5.84. The van der Waals surface area contributed by atoms with Gasteiger partial charge in [0, 0.05) is 61.2 Å². The van der Waals surface area contributed by atoms with Crippen LogP contribution in [0.3, 0.4) is 0 Å². The summed E-state index contributed by atoms with van der Waals surface area (Å²) in [6.07, 6.45) is 1.10. The largest absolute Gasteiger partial charge is 0.433 e. The van der Waals surface area contributed by atoms with Crippen LogP contribution >= 0.6 is 0 Å². The number of likely N-dealkylation sites (N-methyl/N-ethyl adjacent to an activating group) is 1. The molecule has 0 saturated carbocycles. The molecular formula is C26H27F3N6O. The Bertz CT molecular complexity index is 1400. The van der Waals surface area contributed by atoms with Crippen molar-refractivity contribution < 1.29 is 17.9 Å². The van der Waals surface area contributed by atoms with E-state index >= 15 is 8.78 Å². The van der Waals surface area contributed by atoms with Crippen molar-refractivity contribution in [1.82, 2.24) is 19.4 Å². The van der Waals surface area contributed by atoms with Gasteiger partial charge in [-0.1, -0.05) is 0 Å². The van der Waals surface area contributed by atoms with Crippen LogP contribution in [0.15, 0.2) is 42.7 Å². The topological polar surface area (TPSA) is 58.5 Å². The molecule has 2 aromatic heterocycles. The van der Waals surface area contributed by atoms with Crippen LogP contribution in [0.2, 0.25) is 0 Å². The van der Waals surface area contributed by atoms with Gasteiger partial charge in [0.2, 0.25) is 5.82 Å². The standard InChI is InChI=1S/C26H27F3N6O/c1-4-35-16(2)13-19-22(28)21(14-20(27)24(19)35)36-26-23(29)25(30-15-31-26)32-17-5-7-18(8-6-17)34-11-9-33(3)10-12-34/h5-8,13-15H,4,9-12H2,1-3H3,(H,30,31,32). The fraction of sp³-hybridized carbons (Fsp3) is 0.308. The number of ether oxygens (including phenoxy) is 1. The number of benzene rings is 2. The molecule has 188 valence electrons. The van der Waals surface area contributed by atoms with Gasteiger partial charge in [0.15, 0.2) is 23.2 Å². The number of halogens is 3. The molecule has 3 heterocycles. The predicted octanol–water partition coefficient (Wildman–Crippen LogP) is 5.46. The number of hydrogen-bond donors (Lipinski definition) is 1. The first-order valence-corrected chi connectivity index (χ1v) is 11.8. The zero-order chi connectivity index (χ0) is 25.4. The summed E-state index contributed by atoms with van der Waals surface area (Å²) in [4.78, 5) is 12.3. The third kappa shape index (κ3) is 4.44. The van der Waals surface area contributed by atoms with Gasteiger partial charge in [0.1, 0.15) is 6.33 Å². The van der Waals surface area contributed by atoms with Gasteiger partial charge in [-0.2, -0.15) is 9.37 Å². The maximum atomic E-state index is 15.2. The zero-order valence-electron chi connectivity index (χ0n) is 20.4. The maximum Gasteiger partial charge on any atom is 0.261 e. The van der Waals surface area contributed by atoms with E-state index in [1.165, 1.54) is 0 Å². The van der Waals surface area contributed by atoms with Crippen LogP contribution in [-0.4, -0.2) is 52.7 Å². The lowest BCUT2D eigenvalue weighted by Gasteiger charge is -2.34. The molecule has 36 heavy (non-hydrogen) atoms. The highest BCUT2D eigenvalue weighted by atomic mass is 19.1. The maximum absolute atomic E-state index is 15.2. The zero-order valence-corrected chi connectivity index (χ0v) is 20.4. The minimum absolute atomic E-state index is 0.0672. The fourth-order valence-electron chi connectivity index (χ4n) is 4.54. The van der Waals surface area contributed by atoms with E-state index in [-0.39, 0.29) is 16.7 Å². The summed E-state index contributed by atoms with van der Waals surface area (Å²) in [5.41, 5.74) is 2.55. The summed E-state index contributed by atoms with van der Waals surface area (Å²) in [5, 5.41) is 2.97. The molecule has 0 spiro atoms. The monoisotopic (exact) mass is 496 g/mol. The lowest BCUT2D eigenvalue weighted by atomic mass is 10.2. The first-order valence-electron chi connectivity index (χ1n) is 11.8. The Morgan fingerprint density at radius 1 is 0.972 bits per heavy atom. The van der Waals surface area contributed by atoms with Crippen molar-refractivity contribution in [1.29, 1.82) is 0 Å². The predicted molar refractivity (Wildman–Crippen MR) is 134 cm³/mol. The van der Waals surface area contributed by atoms with Crippen LogP contribution in [0.4, 0.5) is 30.4 Å². The molecular weight excluding hydrogens is 469 g/mol. The molecule has 0 atom stereocenters. The van der Waals surface area contributed by atoms with Crippen molar-refractivity contribution in [3.63, 3.8) is 0 Å². The lowest BCUT2D eigenvalue weighted by molar-refractivity contribution is 0.313. The Hall–Kier alpha value is -3.79. The molecule has 10 heteroatoms. The Balaban J connectivity index is 1.37. The van der Waals surface area contributed by atoms with E-state index in [9.17, 15) is 4.39 Å². The highest BCUT2D eigenvalue weighted by Crippen LogP contribution is 2.35. The molecule has 2 aromatic carbocycles. The minimum atomic E-state index is -0.914. The van der Waals surface area contributed by atoms with Gasteiger partial charge in [0.05, 0.1) is 5.52 Å². The van der Waals surface area contributed by atoms with Crippen molar-refractivity contribution in [2.45, 2.75) is 20.4 Å². The molecule has 4 aromatic rings. The molecule has 1 saturated heterocycles. The third-order valence-electron chi connectivity index (χ3n) is 6.52. The van der Waals surface area contributed by atoms with Gasteiger partial charge in [-0.3, -0.25) is 0 Å². The van der Waals surface area contributed by atoms with Crippen molar-refractivity contribution in [3.05, 3.63) is 65.9 Å². The molecule has 5 rings (SSSR count). The quantitative estimate of drug-likeness (QED) is 0.382. The molecule has 1 fully saturated rings. The van der Waals surface area contributed by atoms with Crippen LogP contribution in [0.1, 0.15) is 12.6 Å². The smallest absolute Gasteiger partial charge is 0.261 e. The van der Waals surface area contributed by atoms with Crippen LogP contribution in [0, 0.1) is 24.4 Å². The average molecular weight is 497 g/mol. The van der Waals surface area contributed by atoms with E-state index in [1.807, 2.05) is 31.2 Å². The van der Waals surface area contributed by atoms with Crippen LogP contribution in [0.25, 0.3) is 10.9 Å². The summed E-state index contributed by atoms with van der Waals surface area (Å²) in [7, 11) is 2.10. The number of aryl methyl sites for hydroxylation is 2. The van der Waals surface area contributed by atoms with Crippen molar-refractivity contribution in [2.75, 3.05) is 43.4 Å². The molecule has 0 aliphatic carbocycles. The normalized spacial score (nSPS) is 14.4. The van der Waals surface area contributed by atoms with Crippen molar-refractivity contribution in [2.24, 2.45) is 0 Å². The summed E-state index contributed by atoms with van der Waals surface area (Å²) < 4.78 is 52.2. The molecule has 0 unspecified atom stereocenters. The van der Waals surface area contributed by atoms with Gasteiger partial charge in [0.25, 0.3) is 5.88 Å². The molecule has 7 nitrogen and oxygen atoms in total. The number of hydrogen-bond acceptors (Lipinski definition) is 6. The minimum Gasteiger partial charge on any atom is -0.433 e. The summed E-state index contributed by atoms with van der Waals surface area (Å²) in [6, 6.07) is 10.0. The van der Waals surface area contributed by atoms with Gasteiger partial charge in [-0.05, 0) is 51.2 Å². The van der Waals surface area contributed by atoms with Gasteiger partial charge in [-0.15, -0.1) is 0 Å². The highest BCUT2D eigenvalue weighted by Gasteiger charge is 2.22. The summed E-state index contributed by atoms with van der Waals surface area (Å²) in [5.74, 6) is -3.46. The number of aromatic nitrogens is 3. The number of piperazine rings is 1. The Morgan fingerprint density at radius 3 is 2.39 bits per heavy atom. The van der Waals surface area contributed by atoms with Crippen LogP contribution in [-0.2, 0) is 6.54 Å². The number of anilines is 3.